The van der Waals surface area contributed by atoms with Gasteiger partial charge in [-0.15, -0.1) is 0 Å². The Kier molecular flexibility index (Phi) is 7.40. The van der Waals surface area contributed by atoms with E-state index in [1.807, 2.05) is 75.5 Å². The van der Waals surface area contributed by atoms with Gasteiger partial charge in [0, 0.05) is 45.7 Å². The van der Waals surface area contributed by atoms with Crippen LogP contribution in [0.4, 0.5) is 11.6 Å². The molecule has 0 aliphatic rings. The lowest BCUT2D eigenvalue weighted by Gasteiger charge is -2.14. The second-order valence-electron chi connectivity index (χ2n) is 8.03. The number of H-pyrrole nitrogens is 1. The van der Waals surface area contributed by atoms with E-state index in [9.17, 15) is 0 Å². The van der Waals surface area contributed by atoms with Crippen LogP contribution in [0.2, 0.25) is 5.02 Å². The molecule has 7 nitrogen and oxygen atoms in total. The van der Waals surface area contributed by atoms with Crippen molar-refractivity contribution in [3.63, 3.8) is 0 Å². The van der Waals surface area contributed by atoms with E-state index in [1.165, 1.54) is 5.56 Å². The highest BCUT2D eigenvalue weighted by molar-refractivity contribution is 7.80. The van der Waals surface area contributed by atoms with Crippen LogP contribution in [0.15, 0.2) is 59.7 Å². The van der Waals surface area contributed by atoms with Crippen molar-refractivity contribution in [2.24, 2.45) is 4.99 Å². The molecule has 0 radical (unpaired) electrons. The molecule has 0 aliphatic carbocycles. The van der Waals surface area contributed by atoms with Crippen LogP contribution in [-0.2, 0) is 6.42 Å². The minimum Gasteiger partial charge on any atom is -0.361 e. The molecule has 0 bridgehead atoms. The minimum atomic E-state index is 0.415. The zero-order chi connectivity index (χ0) is 24.1. The van der Waals surface area contributed by atoms with Crippen molar-refractivity contribution in [3.8, 4) is 0 Å². The predicted molar refractivity (Wildman–Crippen MR) is 145 cm³/mol. The molecule has 2 aromatic carbocycles. The number of rotatable bonds is 5. The summed E-state index contributed by atoms with van der Waals surface area (Å²) in [6.07, 6.45) is 2.71. The number of halogens is 1. The van der Waals surface area contributed by atoms with Crippen molar-refractivity contribution in [2.75, 3.05) is 17.2 Å². The third-order valence-electron chi connectivity index (χ3n) is 5.13. The highest BCUT2D eigenvalue weighted by atomic mass is 35.5. The molecule has 2 heterocycles. The van der Waals surface area contributed by atoms with Gasteiger partial charge < -0.3 is 15.6 Å². The van der Waals surface area contributed by atoms with Crippen molar-refractivity contribution in [1.82, 2.24) is 20.3 Å². The van der Waals surface area contributed by atoms with Gasteiger partial charge in [-0.1, -0.05) is 29.3 Å². The van der Waals surface area contributed by atoms with Gasteiger partial charge in [0.15, 0.2) is 5.11 Å². The van der Waals surface area contributed by atoms with Gasteiger partial charge >= 0.3 is 0 Å². The number of nitrogens with zero attached hydrogens (tertiary/aromatic N) is 3. The second-order valence-corrected chi connectivity index (χ2v) is 8.87. The van der Waals surface area contributed by atoms with Gasteiger partial charge in [0.05, 0.1) is 0 Å². The summed E-state index contributed by atoms with van der Waals surface area (Å²) in [5, 5.41) is 11.7. The van der Waals surface area contributed by atoms with Crippen molar-refractivity contribution >= 4 is 57.4 Å². The summed E-state index contributed by atoms with van der Waals surface area (Å²) in [5.74, 6) is 0.924. The normalized spacial score (nSPS) is 11.5. The number of hydrogen-bond donors (Lipinski definition) is 4. The first kappa shape index (κ1) is 23.7. The Morgan fingerprint density at radius 1 is 1.00 bits per heavy atom. The van der Waals surface area contributed by atoms with Gasteiger partial charge in [-0.05, 0) is 81.4 Å². The average molecular weight is 492 g/mol. The van der Waals surface area contributed by atoms with Gasteiger partial charge in [0.25, 0.3) is 0 Å². The SMILES string of the molecule is Cc1ccc(NC(=S)NC(=NCCc2c[nH]c3ccc(Cl)cc23)Nc2nc(C)cc(C)n2)cc1. The number of guanidine groups is 1. The fraction of sp³-hybridized carbons (Fsp3) is 0.200. The van der Waals surface area contributed by atoms with Crippen molar-refractivity contribution in [2.45, 2.75) is 27.2 Å². The Labute approximate surface area is 209 Å². The fourth-order valence-corrected chi connectivity index (χ4v) is 3.94. The molecule has 0 amide bonds. The molecule has 0 saturated heterocycles. The van der Waals surface area contributed by atoms with E-state index in [4.69, 9.17) is 28.8 Å². The highest BCUT2D eigenvalue weighted by Gasteiger charge is 2.09. The van der Waals surface area contributed by atoms with E-state index >= 15 is 0 Å². The van der Waals surface area contributed by atoms with Crippen LogP contribution in [0.5, 0.6) is 0 Å². The lowest BCUT2D eigenvalue weighted by molar-refractivity contribution is 0.963. The predicted octanol–water partition coefficient (Wildman–Crippen LogP) is 5.53. The number of hydrogen-bond acceptors (Lipinski definition) is 4. The number of aryl methyl sites for hydroxylation is 3. The fourth-order valence-electron chi connectivity index (χ4n) is 3.55. The Bertz CT molecular complexity index is 1330. The van der Waals surface area contributed by atoms with Crippen molar-refractivity contribution < 1.29 is 0 Å². The van der Waals surface area contributed by atoms with E-state index in [-0.39, 0.29) is 0 Å². The first-order valence-electron chi connectivity index (χ1n) is 10.9. The number of aromatic amines is 1. The number of nitrogens with one attached hydrogen (secondary N) is 4. The van der Waals surface area contributed by atoms with Gasteiger partial charge in [-0.2, -0.15) is 0 Å². The smallest absolute Gasteiger partial charge is 0.229 e. The number of benzene rings is 2. The standard InChI is InChI=1S/C25H26ClN7S/c1-15-4-7-20(8-5-15)31-25(34)33-23(32-24-29-16(2)12-17(3)30-24)27-11-10-18-14-28-22-9-6-19(26)13-21(18)22/h4-9,12-14,28H,10-11H2,1-3H3,(H3,27,29,30,31,32,33,34). The minimum absolute atomic E-state index is 0.415. The molecule has 4 rings (SSSR count). The summed E-state index contributed by atoms with van der Waals surface area (Å²) >= 11 is 11.7. The average Bonchev–Trinajstić information content (AvgIpc) is 3.16. The van der Waals surface area contributed by atoms with E-state index in [1.54, 1.807) is 0 Å². The lowest BCUT2D eigenvalue weighted by atomic mass is 10.1. The quantitative estimate of drug-likeness (QED) is 0.167. The molecule has 0 spiro atoms. The number of aliphatic imine (C=N–C) groups is 1. The Morgan fingerprint density at radius 3 is 2.47 bits per heavy atom. The van der Waals surface area contributed by atoms with E-state index in [2.05, 4.69) is 30.9 Å². The van der Waals surface area contributed by atoms with Crippen LogP contribution < -0.4 is 16.0 Å². The summed E-state index contributed by atoms with van der Waals surface area (Å²) in [7, 11) is 0. The van der Waals surface area contributed by atoms with Crippen LogP contribution in [-0.4, -0.2) is 32.6 Å². The van der Waals surface area contributed by atoms with E-state index < -0.39 is 0 Å². The zero-order valence-corrected chi connectivity index (χ0v) is 20.8. The molecule has 2 aromatic heterocycles. The number of fused-ring (bicyclic) bond motifs is 1. The number of anilines is 2. The molecule has 174 valence electrons. The maximum absolute atomic E-state index is 6.18. The van der Waals surface area contributed by atoms with Crippen LogP contribution in [0.1, 0.15) is 22.5 Å². The third kappa shape index (κ3) is 6.30. The molecule has 0 fully saturated rings. The van der Waals surface area contributed by atoms with Crippen molar-refractivity contribution in [3.05, 3.63) is 82.3 Å². The molecule has 34 heavy (non-hydrogen) atoms. The number of aromatic nitrogens is 3. The molecule has 4 aromatic rings. The van der Waals surface area contributed by atoms with Gasteiger partial charge in [0.2, 0.25) is 11.9 Å². The molecule has 0 saturated carbocycles. The second kappa shape index (κ2) is 10.6. The molecule has 9 heteroatoms. The van der Waals surface area contributed by atoms with E-state index in [0.29, 0.717) is 28.6 Å². The molecule has 0 atom stereocenters. The van der Waals surface area contributed by atoms with Gasteiger partial charge in [-0.25, -0.2) is 9.97 Å². The van der Waals surface area contributed by atoms with Crippen LogP contribution in [0.25, 0.3) is 10.9 Å². The Balaban J connectivity index is 1.50. The van der Waals surface area contributed by atoms with Gasteiger partial charge in [0.1, 0.15) is 0 Å². The highest BCUT2D eigenvalue weighted by Crippen LogP contribution is 2.22. The third-order valence-corrected chi connectivity index (χ3v) is 5.57. The summed E-state index contributed by atoms with van der Waals surface area (Å²) in [6, 6.07) is 15.7. The number of thiocarbonyl (C=S) groups is 1. The Morgan fingerprint density at radius 2 is 1.74 bits per heavy atom. The molecular formula is C25H26ClN7S. The van der Waals surface area contributed by atoms with Gasteiger partial charge in [-0.3, -0.25) is 10.3 Å². The molecule has 0 aliphatic heterocycles. The monoisotopic (exact) mass is 491 g/mol. The maximum Gasteiger partial charge on any atom is 0.229 e. The van der Waals surface area contributed by atoms with Crippen LogP contribution in [0, 0.1) is 20.8 Å². The Hall–Kier alpha value is -3.49. The summed E-state index contributed by atoms with van der Waals surface area (Å²) < 4.78 is 0. The molecular weight excluding hydrogens is 466 g/mol. The summed E-state index contributed by atoms with van der Waals surface area (Å²) in [4.78, 5) is 16.9. The topological polar surface area (TPSA) is 90.0 Å². The largest absolute Gasteiger partial charge is 0.361 e. The molecule has 0 unspecified atom stereocenters. The summed E-state index contributed by atoms with van der Waals surface area (Å²) in [6.45, 7) is 6.42. The lowest BCUT2D eigenvalue weighted by Crippen LogP contribution is -2.39. The van der Waals surface area contributed by atoms with Crippen molar-refractivity contribution in [1.29, 1.82) is 0 Å². The maximum atomic E-state index is 6.18. The molecule has 4 N–H and O–H groups in total. The first-order valence-corrected chi connectivity index (χ1v) is 11.7. The zero-order valence-electron chi connectivity index (χ0n) is 19.2. The van der Waals surface area contributed by atoms with Crippen LogP contribution >= 0.6 is 23.8 Å². The van der Waals surface area contributed by atoms with E-state index in [0.717, 1.165) is 40.0 Å². The summed E-state index contributed by atoms with van der Waals surface area (Å²) in [5.41, 5.74) is 5.99. The first-order chi connectivity index (χ1) is 16.4. The van der Waals surface area contributed by atoms with Crippen LogP contribution in [0.3, 0.4) is 0 Å².